The van der Waals surface area contributed by atoms with Gasteiger partial charge in [0.15, 0.2) is 0 Å². The molecular formula is C14H23N3O2S2. The first kappa shape index (κ1) is 15.4. The lowest BCUT2D eigenvalue weighted by atomic mass is 9.85. The molecule has 3 fully saturated rings. The molecule has 4 heterocycles. The summed E-state index contributed by atoms with van der Waals surface area (Å²) in [6.07, 6.45) is 2.23. The van der Waals surface area contributed by atoms with Crippen LogP contribution in [-0.4, -0.2) is 45.5 Å². The van der Waals surface area contributed by atoms with Gasteiger partial charge in [0, 0.05) is 29.4 Å². The van der Waals surface area contributed by atoms with Crippen LogP contribution in [0, 0.1) is 5.92 Å². The molecule has 1 atom stereocenters. The minimum absolute atomic E-state index is 0.0783. The number of thiophene rings is 1. The van der Waals surface area contributed by atoms with E-state index < -0.39 is 10.0 Å². The summed E-state index contributed by atoms with van der Waals surface area (Å²) >= 11 is 1.50. The molecule has 0 radical (unpaired) electrons. The molecule has 0 aromatic carbocycles. The number of nitrogens with one attached hydrogen (secondary N) is 2. The van der Waals surface area contributed by atoms with Crippen LogP contribution in [0.2, 0.25) is 0 Å². The van der Waals surface area contributed by atoms with E-state index in [1.54, 1.807) is 11.4 Å². The van der Waals surface area contributed by atoms with Crippen LogP contribution >= 0.6 is 11.3 Å². The molecule has 7 heteroatoms. The van der Waals surface area contributed by atoms with E-state index in [2.05, 4.69) is 14.9 Å². The van der Waals surface area contributed by atoms with Gasteiger partial charge >= 0.3 is 0 Å². The van der Waals surface area contributed by atoms with E-state index in [-0.39, 0.29) is 6.04 Å². The summed E-state index contributed by atoms with van der Waals surface area (Å²) in [6, 6.07) is 1.87. The van der Waals surface area contributed by atoms with Gasteiger partial charge in [-0.15, -0.1) is 11.3 Å². The van der Waals surface area contributed by atoms with Crippen LogP contribution in [0.1, 0.15) is 24.6 Å². The normalized spacial score (nSPS) is 28.9. The second-order valence-electron chi connectivity index (χ2n) is 5.89. The number of hydrogen-bond acceptors (Lipinski definition) is 5. The Kier molecular flexibility index (Phi) is 4.66. The van der Waals surface area contributed by atoms with Crippen LogP contribution in [0.4, 0.5) is 0 Å². The van der Waals surface area contributed by atoms with E-state index in [1.165, 1.54) is 11.3 Å². The van der Waals surface area contributed by atoms with Crippen molar-refractivity contribution < 1.29 is 8.42 Å². The van der Waals surface area contributed by atoms with Crippen molar-refractivity contribution in [3.8, 4) is 0 Å². The van der Waals surface area contributed by atoms with Crippen molar-refractivity contribution in [3.63, 3.8) is 0 Å². The molecule has 4 rings (SSSR count). The first-order valence-corrected chi connectivity index (χ1v) is 9.97. The van der Waals surface area contributed by atoms with Crippen molar-refractivity contribution in [3.05, 3.63) is 16.3 Å². The zero-order valence-corrected chi connectivity index (χ0v) is 14.0. The molecule has 3 aliphatic rings. The average molecular weight is 329 g/mol. The minimum Gasteiger partial charge on any atom is -0.312 e. The molecule has 1 unspecified atom stereocenters. The Morgan fingerprint density at radius 2 is 2.14 bits per heavy atom. The highest BCUT2D eigenvalue weighted by Crippen LogP contribution is 2.29. The number of piperidine rings is 3. The third-order valence-corrected chi connectivity index (χ3v) is 7.01. The van der Waals surface area contributed by atoms with Crippen LogP contribution in [0.3, 0.4) is 0 Å². The lowest BCUT2D eigenvalue weighted by molar-refractivity contribution is 0.0827. The van der Waals surface area contributed by atoms with Crippen LogP contribution < -0.4 is 10.0 Å². The molecule has 5 nitrogen and oxygen atoms in total. The highest BCUT2D eigenvalue weighted by Gasteiger charge is 2.36. The molecule has 0 saturated carbocycles. The molecule has 0 amide bonds. The Labute approximate surface area is 130 Å². The Balaban J connectivity index is 1.67. The molecule has 2 N–H and O–H groups in total. The number of hydrogen-bond donors (Lipinski definition) is 2. The molecule has 21 heavy (non-hydrogen) atoms. The van der Waals surface area contributed by atoms with E-state index in [0.717, 1.165) is 50.4 Å². The zero-order chi connectivity index (χ0) is 14.9. The van der Waals surface area contributed by atoms with Gasteiger partial charge in [0.25, 0.3) is 0 Å². The zero-order valence-electron chi connectivity index (χ0n) is 12.3. The number of nitrogens with zero attached hydrogens (tertiary/aromatic N) is 1. The maximum absolute atomic E-state index is 12.5. The van der Waals surface area contributed by atoms with Crippen molar-refractivity contribution in [2.24, 2.45) is 5.92 Å². The Bertz CT molecular complexity index is 577. The summed E-state index contributed by atoms with van der Waals surface area (Å²) < 4.78 is 28.0. The molecule has 0 aliphatic carbocycles. The second-order valence-corrected chi connectivity index (χ2v) is 8.60. The second kappa shape index (κ2) is 6.34. The largest absolute Gasteiger partial charge is 0.312 e. The highest BCUT2D eigenvalue weighted by atomic mass is 32.2. The maximum Gasteiger partial charge on any atom is 0.241 e. The van der Waals surface area contributed by atoms with E-state index in [9.17, 15) is 8.42 Å². The van der Waals surface area contributed by atoms with Crippen molar-refractivity contribution >= 4 is 21.4 Å². The van der Waals surface area contributed by atoms with Gasteiger partial charge in [-0.1, -0.05) is 6.92 Å². The monoisotopic (exact) mass is 329 g/mol. The maximum atomic E-state index is 12.5. The van der Waals surface area contributed by atoms with Gasteiger partial charge in [-0.3, -0.25) is 0 Å². The topological polar surface area (TPSA) is 61.4 Å². The van der Waals surface area contributed by atoms with Gasteiger partial charge < -0.3 is 10.2 Å². The third kappa shape index (κ3) is 3.48. The van der Waals surface area contributed by atoms with E-state index >= 15 is 0 Å². The first-order chi connectivity index (χ1) is 10.1. The van der Waals surface area contributed by atoms with Crippen LogP contribution in [-0.2, 0) is 16.6 Å². The average Bonchev–Trinajstić information content (AvgIpc) is 2.96. The van der Waals surface area contributed by atoms with Crippen LogP contribution in [0.25, 0.3) is 0 Å². The highest BCUT2D eigenvalue weighted by molar-refractivity contribution is 7.89. The fourth-order valence-corrected chi connectivity index (χ4v) is 5.75. The Morgan fingerprint density at radius 3 is 2.76 bits per heavy atom. The quantitative estimate of drug-likeness (QED) is 0.824. The third-order valence-electron chi connectivity index (χ3n) is 4.45. The predicted molar refractivity (Wildman–Crippen MR) is 85.0 cm³/mol. The van der Waals surface area contributed by atoms with Crippen LogP contribution in [0.15, 0.2) is 16.3 Å². The molecule has 1 aromatic rings. The molecule has 1 aromatic heterocycles. The molecular weight excluding hydrogens is 306 g/mol. The summed E-state index contributed by atoms with van der Waals surface area (Å²) in [7, 11) is -3.38. The summed E-state index contributed by atoms with van der Waals surface area (Å²) in [5.74, 6) is 0.504. The van der Waals surface area contributed by atoms with Crippen LogP contribution in [0.5, 0.6) is 0 Å². The standard InChI is InChI=1S/C14H23N3O2S2/c1-2-15-8-12-7-13(10-20-12)21(18,19)16-14-9-17-5-3-11(14)4-6-17/h7,10-11,14-16H,2-6,8-9H2,1H3. The fourth-order valence-electron chi connectivity index (χ4n) is 3.21. The van der Waals surface area contributed by atoms with Gasteiger partial charge in [0.2, 0.25) is 10.0 Å². The van der Waals surface area contributed by atoms with Crippen molar-refractivity contribution in [2.75, 3.05) is 26.2 Å². The fraction of sp³-hybridized carbons (Fsp3) is 0.714. The summed E-state index contributed by atoms with van der Waals surface area (Å²) in [4.78, 5) is 3.83. The lowest BCUT2D eigenvalue weighted by Gasteiger charge is -2.44. The summed E-state index contributed by atoms with van der Waals surface area (Å²) in [6.45, 7) is 6.76. The van der Waals surface area contributed by atoms with Gasteiger partial charge in [-0.25, -0.2) is 13.1 Å². The minimum atomic E-state index is -3.38. The van der Waals surface area contributed by atoms with Gasteiger partial charge in [-0.05, 0) is 44.5 Å². The Morgan fingerprint density at radius 1 is 1.38 bits per heavy atom. The Hall–Kier alpha value is -0.470. The van der Waals surface area contributed by atoms with Gasteiger partial charge in [-0.2, -0.15) is 0 Å². The van der Waals surface area contributed by atoms with Crippen molar-refractivity contribution in [1.29, 1.82) is 0 Å². The SMILES string of the molecule is CCNCc1cc(S(=O)(=O)NC2CN3CCC2CC3)cs1. The smallest absolute Gasteiger partial charge is 0.241 e. The van der Waals surface area contributed by atoms with E-state index in [1.807, 2.05) is 6.92 Å². The van der Waals surface area contributed by atoms with Gasteiger partial charge in [0.05, 0.1) is 4.90 Å². The summed E-state index contributed by atoms with van der Waals surface area (Å²) in [5.41, 5.74) is 0. The predicted octanol–water partition coefficient (Wildman–Crippen LogP) is 1.23. The molecule has 3 saturated heterocycles. The van der Waals surface area contributed by atoms with Crippen molar-refractivity contribution in [2.45, 2.75) is 37.2 Å². The van der Waals surface area contributed by atoms with Crippen molar-refractivity contribution in [1.82, 2.24) is 14.9 Å². The van der Waals surface area contributed by atoms with Gasteiger partial charge in [0.1, 0.15) is 0 Å². The molecule has 2 bridgehead atoms. The summed E-state index contributed by atoms with van der Waals surface area (Å²) in [5, 5.41) is 4.97. The number of sulfonamides is 1. The number of fused-ring (bicyclic) bond motifs is 3. The molecule has 0 spiro atoms. The number of rotatable bonds is 6. The first-order valence-electron chi connectivity index (χ1n) is 7.61. The van der Waals surface area contributed by atoms with E-state index in [4.69, 9.17) is 0 Å². The van der Waals surface area contributed by atoms with E-state index in [0.29, 0.717) is 10.8 Å². The molecule has 118 valence electrons. The lowest BCUT2D eigenvalue weighted by Crippen LogP contribution is -2.57. The molecule has 3 aliphatic heterocycles.